The summed E-state index contributed by atoms with van der Waals surface area (Å²) in [4.78, 5) is 6.49. The van der Waals surface area contributed by atoms with E-state index in [0.717, 1.165) is 31.1 Å². The number of rotatable bonds is 2. The maximum atomic E-state index is 7.47. The van der Waals surface area contributed by atoms with Crippen molar-refractivity contribution in [1.82, 2.24) is 4.98 Å². The predicted molar refractivity (Wildman–Crippen MR) is 74.4 cm³/mol. The average Bonchev–Trinajstić information content (AvgIpc) is 2.57. The molecule has 0 bridgehead atoms. The lowest BCUT2D eigenvalue weighted by molar-refractivity contribution is 0.801. The number of pyridine rings is 1. The maximum Gasteiger partial charge on any atom is 0.148 e. The van der Waals surface area contributed by atoms with Gasteiger partial charge in [-0.15, -0.1) is 0 Å². The van der Waals surface area contributed by atoms with Crippen molar-refractivity contribution >= 4 is 35.0 Å². The summed E-state index contributed by atoms with van der Waals surface area (Å²) in [5, 5.41) is 7.97. The van der Waals surface area contributed by atoms with E-state index in [4.69, 9.17) is 22.7 Å². The molecule has 17 heavy (non-hydrogen) atoms. The highest BCUT2D eigenvalue weighted by atomic mass is 35.5. The summed E-state index contributed by atoms with van der Waals surface area (Å²) in [6.45, 7) is 1.90. The second kappa shape index (κ2) is 5.60. The number of hydrogen-bond acceptors (Lipinski definition) is 4. The first-order chi connectivity index (χ1) is 8.20. The number of thioether (sulfide) groups is 1. The molecular formula is C11H15ClN4S. The van der Waals surface area contributed by atoms with Gasteiger partial charge in [-0.1, -0.05) is 11.6 Å². The van der Waals surface area contributed by atoms with Gasteiger partial charge in [0.05, 0.1) is 5.02 Å². The number of nitrogens with two attached hydrogens (primary N) is 1. The Morgan fingerprint density at radius 1 is 1.47 bits per heavy atom. The lowest BCUT2D eigenvalue weighted by atomic mass is 10.2. The van der Waals surface area contributed by atoms with Crippen LogP contribution in [0, 0.1) is 5.41 Å². The van der Waals surface area contributed by atoms with Gasteiger partial charge in [0.1, 0.15) is 11.7 Å². The summed E-state index contributed by atoms with van der Waals surface area (Å²) >= 11 is 8.21. The maximum absolute atomic E-state index is 7.47. The van der Waals surface area contributed by atoms with Crippen molar-refractivity contribution in [3.63, 3.8) is 0 Å². The molecule has 1 aliphatic rings. The standard InChI is InChI=1S/C11H15ClN4S/c12-9-8(10(13)14)2-3-15-11(9)16-4-1-6-17-7-5-16/h2-3H,1,4-7H2,(H3,13,14). The summed E-state index contributed by atoms with van der Waals surface area (Å²) in [6.07, 6.45) is 2.79. The zero-order chi connectivity index (χ0) is 12.3. The van der Waals surface area contributed by atoms with Gasteiger partial charge in [-0.25, -0.2) is 4.98 Å². The highest BCUT2D eigenvalue weighted by molar-refractivity contribution is 7.99. The molecule has 1 aliphatic heterocycles. The summed E-state index contributed by atoms with van der Waals surface area (Å²) in [7, 11) is 0. The number of aromatic nitrogens is 1. The third kappa shape index (κ3) is 2.84. The smallest absolute Gasteiger partial charge is 0.148 e. The number of hydrogen-bond donors (Lipinski definition) is 2. The Hall–Kier alpha value is -0.940. The Morgan fingerprint density at radius 3 is 3.06 bits per heavy atom. The summed E-state index contributed by atoms with van der Waals surface area (Å²) in [6, 6.07) is 1.68. The molecule has 0 unspecified atom stereocenters. The van der Waals surface area contributed by atoms with Crippen molar-refractivity contribution < 1.29 is 0 Å². The van der Waals surface area contributed by atoms with Gasteiger partial charge in [0.15, 0.2) is 0 Å². The average molecular weight is 271 g/mol. The Bertz CT molecular complexity index is 416. The molecule has 1 saturated heterocycles. The fourth-order valence-electron chi connectivity index (χ4n) is 1.82. The Labute approximate surface area is 110 Å². The molecule has 2 heterocycles. The molecule has 1 aromatic heterocycles. The van der Waals surface area contributed by atoms with E-state index in [9.17, 15) is 0 Å². The van der Waals surface area contributed by atoms with Crippen molar-refractivity contribution in [3.8, 4) is 0 Å². The van der Waals surface area contributed by atoms with Crippen LogP contribution in [0.25, 0.3) is 0 Å². The van der Waals surface area contributed by atoms with Gasteiger partial charge in [0.2, 0.25) is 0 Å². The van der Waals surface area contributed by atoms with Crippen LogP contribution in [0.3, 0.4) is 0 Å². The van der Waals surface area contributed by atoms with Crippen LogP contribution in [0.4, 0.5) is 5.82 Å². The normalized spacial score (nSPS) is 16.6. The van der Waals surface area contributed by atoms with Crippen molar-refractivity contribution in [2.75, 3.05) is 29.5 Å². The highest BCUT2D eigenvalue weighted by Gasteiger charge is 2.17. The van der Waals surface area contributed by atoms with Crippen LogP contribution in [-0.4, -0.2) is 35.4 Å². The van der Waals surface area contributed by atoms with Gasteiger partial charge in [-0.3, -0.25) is 5.41 Å². The van der Waals surface area contributed by atoms with Crippen molar-refractivity contribution in [2.45, 2.75) is 6.42 Å². The quantitative estimate of drug-likeness (QED) is 0.637. The fourth-order valence-corrected chi connectivity index (χ4v) is 3.04. The molecule has 0 saturated carbocycles. The Balaban J connectivity index is 2.30. The van der Waals surface area contributed by atoms with Gasteiger partial charge in [0, 0.05) is 30.6 Å². The van der Waals surface area contributed by atoms with Crippen LogP contribution in [0.1, 0.15) is 12.0 Å². The minimum Gasteiger partial charge on any atom is -0.384 e. The second-order valence-electron chi connectivity index (χ2n) is 3.86. The number of nitrogen functional groups attached to an aromatic ring is 1. The summed E-state index contributed by atoms with van der Waals surface area (Å²) in [5.74, 6) is 3.01. The van der Waals surface area contributed by atoms with Crippen molar-refractivity contribution in [3.05, 3.63) is 22.8 Å². The van der Waals surface area contributed by atoms with Crippen molar-refractivity contribution in [1.29, 1.82) is 5.41 Å². The number of nitrogens with one attached hydrogen (secondary N) is 1. The molecule has 1 aromatic rings. The first-order valence-electron chi connectivity index (χ1n) is 5.51. The molecule has 1 fully saturated rings. The van der Waals surface area contributed by atoms with E-state index in [1.54, 1.807) is 12.3 Å². The first-order valence-corrected chi connectivity index (χ1v) is 7.05. The molecule has 0 aromatic carbocycles. The van der Waals surface area contributed by atoms with Gasteiger partial charge in [-0.05, 0) is 18.2 Å². The topological polar surface area (TPSA) is 66.0 Å². The minimum absolute atomic E-state index is 0.0113. The van der Waals surface area contributed by atoms with Crippen LogP contribution in [0.5, 0.6) is 0 Å². The molecule has 92 valence electrons. The predicted octanol–water partition coefficient (Wildman–Crippen LogP) is 1.96. The second-order valence-corrected chi connectivity index (χ2v) is 5.47. The number of halogens is 1. The number of nitrogens with zero attached hydrogens (tertiary/aromatic N) is 2. The van der Waals surface area contributed by atoms with E-state index >= 15 is 0 Å². The lowest BCUT2D eigenvalue weighted by Gasteiger charge is -2.22. The first kappa shape index (κ1) is 12.5. The molecule has 0 atom stereocenters. The van der Waals surface area contributed by atoms with E-state index in [0.29, 0.717) is 10.6 Å². The molecule has 6 heteroatoms. The molecule has 3 N–H and O–H groups in total. The van der Waals surface area contributed by atoms with E-state index in [-0.39, 0.29) is 5.84 Å². The largest absolute Gasteiger partial charge is 0.384 e. The molecular weight excluding hydrogens is 256 g/mol. The lowest BCUT2D eigenvalue weighted by Crippen LogP contribution is -2.27. The SMILES string of the molecule is N=C(N)c1ccnc(N2CCCSCC2)c1Cl. The zero-order valence-electron chi connectivity index (χ0n) is 9.45. The van der Waals surface area contributed by atoms with Crippen LogP contribution < -0.4 is 10.6 Å². The van der Waals surface area contributed by atoms with E-state index < -0.39 is 0 Å². The van der Waals surface area contributed by atoms with Gasteiger partial charge in [0.25, 0.3) is 0 Å². The van der Waals surface area contributed by atoms with Crippen molar-refractivity contribution in [2.24, 2.45) is 5.73 Å². The van der Waals surface area contributed by atoms with E-state index in [1.165, 1.54) is 5.75 Å². The molecule has 4 nitrogen and oxygen atoms in total. The van der Waals surface area contributed by atoms with E-state index in [1.807, 2.05) is 11.8 Å². The Kier molecular flexibility index (Phi) is 4.12. The molecule has 0 spiro atoms. The van der Waals surface area contributed by atoms with Gasteiger partial charge in [-0.2, -0.15) is 11.8 Å². The fraction of sp³-hybridized carbons (Fsp3) is 0.455. The van der Waals surface area contributed by atoms with Crippen LogP contribution in [0.15, 0.2) is 12.3 Å². The zero-order valence-corrected chi connectivity index (χ0v) is 11.0. The molecule has 0 radical (unpaired) electrons. The molecule has 2 rings (SSSR count). The Morgan fingerprint density at radius 2 is 2.29 bits per heavy atom. The number of amidine groups is 1. The van der Waals surface area contributed by atoms with Gasteiger partial charge < -0.3 is 10.6 Å². The third-order valence-corrected chi connectivity index (χ3v) is 4.10. The van der Waals surface area contributed by atoms with Crippen LogP contribution >= 0.6 is 23.4 Å². The summed E-state index contributed by atoms with van der Waals surface area (Å²) < 4.78 is 0. The number of anilines is 1. The third-order valence-electron chi connectivity index (χ3n) is 2.68. The van der Waals surface area contributed by atoms with Crippen LogP contribution in [0.2, 0.25) is 5.02 Å². The molecule has 0 aliphatic carbocycles. The van der Waals surface area contributed by atoms with E-state index in [2.05, 4.69) is 9.88 Å². The van der Waals surface area contributed by atoms with Crippen LogP contribution in [-0.2, 0) is 0 Å². The summed E-state index contributed by atoms with van der Waals surface area (Å²) in [5.41, 5.74) is 6.06. The minimum atomic E-state index is -0.0113. The highest BCUT2D eigenvalue weighted by Crippen LogP contribution is 2.28. The monoisotopic (exact) mass is 270 g/mol. The molecule has 0 amide bonds. The van der Waals surface area contributed by atoms with Gasteiger partial charge >= 0.3 is 0 Å².